The lowest BCUT2D eigenvalue weighted by molar-refractivity contribution is -0.116. The van der Waals surface area contributed by atoms with Crippen molar-refractivity contribution >= 4 is 0 Å². The van der Waals surface area contributed by atoms with Gasteiger partial charge in [-0.15, -0.1) is 0 Å². The van der Waals surface area contributed by atoms with E-state index in [1.807, 2.05) is 0 Å². The van der Waals surface area contributed by atoms with Crippen LogP contribution in [0.2, 0.25) is 0 Å². The molecule has 1 aliphatic carbocycles. The molecule has 1 heterocycles. The summed E-state index contributed by atoms with van der Waals surface area (Å²) in [6, 6.07) is 0. The summed E-state index contributed by atoms with van der Waals surface area (Å²) in [5.41, 5.74) is -0.0167. The smallest absolute Gasteiger partial charge is 0.0602 e. The van der Waals surface area contributed by atoms with E-state index in [0.717, 1.165) is 32.0 Å². The standard InChI is InChI=1S/C22H43NO3/c1-21(2,3)25-14-8-7-13-24-19-9-11-23(12-10-19)17-18-15-20(16-18)26-22(4,5)6/h18-20H,7-17H2,1-6H3. The van der Waals surface area contributed by atoms with Gasteiger partial charge in [-0.3, -0.25) is 0 Å². The highest BCUT2D eigenvalue weighted by atomic mass is 16.5. The van der Waals surface area contributed by atoms with Crippen molar-refractivity contribution in [2.24, 2.45) is 5.92 Å². The van der Waals surface area contributed by atoms with E-state index in [1.54, 1.807) is 0 Å². The Morgan fingerprint density at radius 3 is 2.00 bits per heavy atom. The van der Waals surface area contributed by atoms with Gasteiger partial charge in [0.15, 0.2) is 0 Å². The van der Waals surface area contributed by atoms with Crippen LogP contribution >= 0.6 is 0 Å². The van der Waals surface area contributed by atoms with E-state index in [9.17, 15) is 0 Å². The van der Waals surface area contributed by atoms with Crippen LogP contribution in [0.5, 0.6) is 0 Å². The summed E-state index contributed by atoms with van der Waals surface area (Å²) in [4.78, 5) is 2.63. The Labute approximate surface area is 161 Å². The minimum absolute atomic E-state index is 0.00416. The van der Waals surface area contributed by atoms with Crippen LogP contribution in [0.15, 0.2) is 0 Å². The zero-order valence-electron chi connectivity index (χ0n) is 18.2. The van der Waals surface area contributed by atoms with Gasteiger partial charge in [-0.05, 0) is 86.0 Å². The topological polar surface area (TPSA) is 30.9 Å². The molecule has 0 N–H and O–H groups in total. The summed E-state index contributed by atoms with van der Waals surface area (Å²) < 4.78 is 17.9. The first-order valence-corrected chi connectivity index (χ1v) is 10.8. The first kappa shape index (κ1) is 22.1. The van der Waals surface area contributed by atoms with Gasteiger partial charge in [-0.1, -0.05) is 0 Å². The molecule has 0 aromatic heterocycles. The number of unbranched alkanes of at least 4 members (excludes halogenated alkanes) is 1. The second-order valence-corrected chi connectivity index (χ2v) is 10.2. The fourth-order valence-corrected chi connectivity index (χ4v) is 3.88. The van der Waals surface area contributed by atoms with E-state index in [4.69, 9.17) is 14.2 Å². The van der Waals surface area contributed by atoms with Gasteiger partial charge in [0, 0.05) is 32.8 Å². The van der Waals surface area contributed by atoms with Gasteiger partial charge in [0.25, 0.3) is 0 Å². The van der Waals surface area contributed by atoms with Gasteiger partial charge in [0.2, 0.25) is 0 Å². The summed E-state index contributed by atoms with van der Waals surface area (Å²) >= 11 is 0. The second kappa shape index (κ2) is 9.86. The van der Waals surface area contributed by atoms with Crippen molar-refractivity contribution in [3.8, 4) is 0 Å². The van der Waals surface area contributed by atoms with E-state index in [-0.39, 0.29) is 11.2 Å². The molecule has 1 aliphatic heterocycles. The highest BCUT2D eigenvalue weighted by Crippen LogP contribution is 2.34. The molecule has 0 spiro atoms. The van der Waals surface area contributed by atoms with Gasteiger partial charge in [0.1, 0.15) is 0 Å². The Morgan fingerprint density at radius 1 is 0.808 bits per heavy atom. The van der Waals surface area contributed by atoms with Gasteiger partial charge >= 0.3 is 0 Å². The summed E-state index contributed by atoms with van der Waals surface area (Å²) in [5.74, 6) is 0.836. The maximum atomic E-state index is 6.08. The van der Waals surface area contributed by atoms with Crippen molar-refractivity contribution in [1.29, 1.82) is 0 Å². The summed E-state index contributed by atoms with van der Waals surface area (Å²) in [6.07, 6.45) is 8.01. The molecule has 26 heavy (non-hydrogen) atoms. The van der Waals surface area contributed by atoms with Crippen molar-refractivity contribution in [1.82, 2.24) is 4.90 Å². The van der Waals surface area contributed by atoms with Crippen LogP contribution in [-0.2, 0) is 14.2 Å². The lowest BCUT2D eigenvalue weighted by atomic mass is 9.81. The van der Waals surface area contributed by atoms with Crippen LogP contribution in [0.4, 0.5) is 0 Å². The molecule has 0 bridgehead atoms. The van der Waals surface area contributed by atoms with Crippen molar-refractivity contribution in [3.63, 3.8) is 0 Å². The highest BCUT2D eigenvalue weighted by molar-refractivity contribution is 4.85. The highest BCUT2D eigenvalue weighted by Gasteiger charge is 2.34. The molecule has 154 valence electrons. The Bertz CT molecular complexity index is 385. The van der Waals surface area contributed by atoms with Gasteiger partial charge in [-0.25, -0.2) is 0 Å². The number of hydrogen-bond donors (Lipinski definition) is 0. The largest absolute Gasteiger partial charge is 0.378 e. The van der Waals surface area contributed by atoms with Crippen molar-refractivity contribution < 1.29 is 14.2 Å². The summed E-state index contributed by atoms with van der Waals surface area (Å²) in [6.45, 7) is 18.2. The van der Waals surface area contributed by atoms with Crippen LogP contribution in [0.25, 0.3) is 0 Å². The quantitative estimate of drug-likeness (QED) is 0.553. The van der Waals surface area contributed by atoms with E-state index in [0.29, 0.717) is 12.2 Å². The number of piperidine rings is 1. The van der Waals surface area contributed by atoms with Crippen LogP contribution in [0, 0.1) is 5.92 Å². The summed E-state index contributed by atoms with van der Waals surface area (Å²) in [7, 11) is 0. The second-order valence-electron chi connectivity index (χ2n) is 10.2. The minimum Gasteiger partial charge on any atom is -0.378 e. The molecule has 2 rings (SSSR count). The maximum absolute atomic E-state index is 6.08. The molecule has 1 saturated carbocycles. The predicted octanol–water partition coefficient (Wildman–Crippen LogP) is 4.66. The SMILES string of the molecule is CC(C)(C)OCCCCOC1CCN(CC2CC(OC(C)(C)C)C2)CC1. The third-order valence-corrected chi connectivity index (χ3v) is 5.19. The van der Waals surface area contributed by atoms with Crippen molar-refractivity contribution in [3.05, 3.63) is 0 Å². The normalized spacial score (nSPS) is 26.1. The first-order valence-electron chi connectivity index (χ1n) is 10.8. The molecule has 2 aliphatic rings. The average molecular weight is 370 g/mol. The Hall–Kier alpha value is -0.160. The molecule has 0 aromatic carbocycles. The van der Waals surface area contributed by atoms with Gasteiger partial charge < -0.3 is 19.1 Å². The molecule has 2 fully saturated rings. The van der Waals surface area contributed by atoms with Crippen LogP contribution < -0.4 is 0 Å². The van der Waals surface area contributed by atoms with Crippen molar-refractivity contribution in [2.75, 3.05) is 32.8 Å². The van der Waals surface area contributed by atoms with Crippen LogP contribution in [-0.4, -0.2) is 61.2 Å². The zero-order chi connectivity index (χ0) is 19.2. The third-order valence-electron chi connectivity index (χ3n) is 5.19. The molecular weight excluding hydrogens is 326 g/mol. The molecule has 0 atom stereocenters. The number of ether oxygens (including phenoxy) is 3. The number of nitrogens with zero attached hydrogens (tertiary/aromatic N) is 1. The fraction of sp³-hybridized carbons (Fsp3) is 1.00. The van der Waals surface area contributed by atoms with E-state index >= 15 is 0 Å². The van der Waals surface area contributed by atoms with E-state index in [2.05, 4.69) is 46.4 Å². The Kier molecular flexibility index (Phi) is 8.39. The average Bonchev–Trinajstić information content (AvgIpc) is 2.48. The molecule has 0 radical (unpaired) electrons. The fourth-order valence-electron chi connectivity index (χ4n) is 3.88. The lowest BCUT2D eigenvalue weighted by Crippen LogP contribution is -2.45. The predicted molar refractivity (Wildman–Crippen MR) is 108 cm³/mol. The maximum Gasteiger partial charge on any atom is 0.0602 e. The molecule has 0 aromatic rings. The van der Waals surface area contributed by atoms with Crippen LogP contribution in [0.3, 0.4) is 0 Å². The molecule has 0 amide bonds. The van der Waals surface area contributed by atoms with Crippen molar-refractivity contribution in [2.45, 2.75) is 103 Å². The zero-order valence-corrected chi connectivity index (χ0v) is 18.2. The Balaban J connectivity index is 1.46. The molecule has 4 nitrogen and oxygen atoms in total. The van der Waals surface area contributed by atoms with Gasteiger partial charge in [-0.2, -0.15) is 0 Å². The molecule has 1 saturated heterocycles. The number of likely N-dealkylation sites (tertiary alicyclic amines) is 1. The molecular formula is C22H43NO3. The number of rotatable bonds is 9. The van der Waals surface area contributed by atoms with E-state index < -0.39 is 0 Å². The minimum atomic E-state index is -0.0208. The number of hydrogen-bond acceptors (Lipinski definition) is 4. The monoisotopic (exact) mass is 369 g/mol. The molecule has 4 heteroatoms. The van der Waals surface area contributed by atoms with Crippen LogP contribution in [0.1, 0.15) is 80.1 Å². The first-order chi connectivity index (χ1) is 12.1. The van der Waals surface area contributed by atoms with E-state index in [1.165, 1.54) is 45.3 Å². The Morgan fingerprint density at radius 2 is 1.42 bits per heavy atom. The lowest BCUT2D eigenvalue weighted by Gasteiger charge is -2.42. The summed E-state index contributed by atoms with van der Waals surface area (Å²) in [5, 5.41) is 0. The third kappa shape index (κ3) is 9.16. The molecule has 0 unspecified atom stereocenters. The van der Waals surface area contributed by atoms with Gasteiger partial charge in [0.05, 0.1) is 23.4 Å².